The van der Waals surface area contributed by atoms with Gasteiger partial charge in [0.25, 0.3) is 5.91 Å². The monoisotopic (exact) mass is 364 g/mol. The number of carbonyl (C=O) groups excluding carboxylic acids is 1. The second-order valence-corrected chi connectivity index (χ2v) is 5.90. The fourth-order valence-electron chi connectivity index (χ4n) is 1.73. The minimum Gasteiger partial charge on any atom is -0.507 e. The number of benzene rings is 1. The Hall–Kier alpha value is -2.12. The van der Waals surface area contributed by atoms with Gasteiger partial charge in [0.2, 0.25) is 0 Å². The van der Waals surface area contributed by atoms with Crippen molar-refractivity contribution in [3.63, 3.8) is 0 Å². The van der Waals surface area contributed by atoms with Crippen molar-refractivity contribution < 1.29 is 14.3 Å². The van der Waals surface area contributed by atoms with Crippen LogP contribution in [0.2, 0.25) is 0 Å². The number of anilines is 1. The van der Waals surface area contributed by atoms with Crippen molar-refractivity contribution in [3.05, 3.63) is 52.0 Å². The van der Waals surface area contributed by atoms with E-state index in [2.05, 4.69) is 26.2 Å². The number of rotatable bonds is 3. The first kappa shape index (κ1) is 13.8. The van der Waals surface area contributed by atoms with Crippen LogP contribution in [0, 0.1) is 0 Å². The van der Waals surface area contributed by atoms with Crippen molar-refractivity contribution in [1.29, 1.82) is 0 Å². The van der Waals surface area contributed by atoms with Crippen LogP contribution in [-0.4, -0.2) is 16.0 Å². The largest absolute Gasteiger partial charge is 0.507 e. The average molecular weight is 365 g/mol. The number of amides is 1. The maximum absolute atomic E-state index is 12.1. The molecule has 1 aromatic carbocycles. The fourth-order valence-corrected chi connectivity index (χ4v) is 2.77. The molecule has 0 saturated heterocycles. The molecule has 0 aliphatic rings. The number of thiazole rings is 1. The first-order valence-corrected chi connectivity index (χ1v) is 7.60. The highest BCUT2D eigenvalue weighted by Crippen LogP contribution is 2.27. The first-order valence-electron chi connectivity index (χ1n) is 5.93. The highest BCUT2D eigenvalue weighted by atomic mass is 79.9. The van der Waals surface area contributed by atoms with Gasteiger partial charge in [-0.05, 0) is 30.3 Å². The highest BCUT2D eigenvalue weighted by Gasteiger charge is 2.14. The van der Waals surface area contributed by atoms with Crippen LogP contribution in [0.1, 0.15) is 10.4 Å². The van der Waals surface area contributed by atoms with E-state index in [1.807, 2.05) is 0 Å². The SMILES string of the molecule is O=C(Nc1nc(-c2ccco2)cs1)c1ccc(Br)cc1O. The van der Waals surface area contributed by atoms with E-state index in [4.69, 9.17) is 4.42 Å². The van der Waals surface area contributed by atoms with Gasteiger partial charge < -0.3 is 9.52 Å². The maximum Gasteiger partial charge on any atom is 0.261 e. The van der Waals surface area contributed by atoms with Gasteiger partial charge in [0.1, 0.15) is 11.4 Å². The van der Waals surface area contributed by atoms with Crippen molar-refractivity contribution in [2.45, 2.75) is 0 Å². The number of aromatic nitrogens is 1. The first-order chi connectivity index (χ1) is 10.1. The molecule has 1 amide bonds. The predicted molar refractivity (Wildman–Crippen MR) is 83.6 cm³/mol. The number of phenols is 1. The zero-order chi connectivity index (χ0) is 14.8. The van der Waals surface area contributed by atoms with Crippen molar-refractivity contribution in [2.75, 3.05) is 5.32 Å². The van der Waals surface area contributed by atoms with E-state index in [0.29, 0.717) is 21.1 Å². The summed E-state index contributed by atoms with van der Waals surface area (Å²) in [7, 11) is 0. The van der Waals surface area contributed by atoms with Gasteiger partial charge in [-0.3, -0.25) is 10.1 Å². The molecule has 0 aliphatic heterocycles. The van der Waals surface area contributed by atoms with Crippen LogP contribution < -0.4 is 5.32 Å². The van der Waals surface area contributed by atoms with Crippen LogP contribution in [-0.2, 0) is 0 Å². The number of carbonyl (C=O) groups is 1. The van der Waals surface area contributed by atoms with Crippen LogP contribution in [0.3, 0.4) is 0 Å². The fraction of sp³-hybridized carbons (Fsp3) is 0. The lowest BCUT2D eigenvalue weighted by atomic mass is 10.2. The number of nitrogens with one attached hydrogen (secondary N) is 1. The number of phenolic OH excluding ortho intramolecular Hbond substituents is 1. The van der Waals surface area contributed by atoms with Gasteiger partial charge in [0.05, 0.1) is 11.8 Å². The Morgan fingerprint density at radius 3 is 2.95 bits per heavy atom. The molecule has 0 fully saturated rings. The molecule has 3 aromatic rings. The Labute approximate surface area is 132 Å². The Kier molecular flexibility index (Phi) is 3.76. The van der Waals surface area contributed by atoms with E-state index >= 15 is 0 Å². The lowest BCUT2D eigenvalue weighted by Crippen LogP contribution is -2.11. The summed E-state index contributed by atoms with van der Waals surface area (Å²) in [5, 5.41) is 14.7. The third-order valence-electron chi connectivity index (χ3n) is 2.70. The van der Waals surface area contributed by atoms with Gasteiger partial charge in [-0.2, -0.15) is 0 Å². The number of furan rings is 1. The summed E-state index contributed by atoms with van der Waals surface area (Å²) in [4.78, 5) is 16.4. The second-order valence-electron chi connectivity index (χ2n) is 4.13. The number of aromatic hydroxyl groups is 1. The molecule has 7 heteroatoms. The predicted octanol–water partition coefficient (Wildman–Crippen LogP) is 4.12. The van der Waals surface area contributed by atoms with Gasteiger partial charge in [-0.15, -0.1) is 11.3 Å². The van der Waals surface area contributed by atoms with Crippen molar-refractivity contribution in [3.8, 4) is 17.2 Å². The molecule has 0 spiro atoms. The molecule has 0 radical (unpaired) electrons. The van der Waals surface area contributed by atoms with Gasteiger partial charge in [0.15, 0.2) is 10.9 Å². The summed E-state index contributed by atoms with van der Waals surface area (Å²) < 4.78 is 5.94. The quantitative estimate of drug-likeness (QED) is 0.732. The lowest BCUT2D eigenvalue weighted by molar-refractivity contribution is 0.102. The highest BCUT2D eigenvalue weighted by molar-refractivity contribution is 9.10. The number of nitrogens with zero attached hydrogens (tertiary/aromatic N) is 1. The van der Waals surface area contributed by atoms with Crippen LogP contribution in [0.25, 0.3) is 11.5 Å². The van der Waals surface area contributed by atoms with Crippen LogP contribution in [0.5, 0.6) is 5.75 Å². The summed E-state index contributed by atoms with van der Waals surface area (Å²) >= 11 is 4.51. The zero-order valence-electron chi connectivity index (χ0n) is 10.5. The van der Waals surface area contributed by atoms with Gasteiger partial charge in [-0.25, -0.2) is 4.98 Å². The molecule has 2 N–H and O–H groups in total. The molecule has 2 heterocycles. The molecule has 3 rings (SSSR count). The molecule has 0 saturated carbocycles. The smallest absolute Gasteiger partial charge is 0.261 e. The van der Waals surface area contributed by atoms with E-state index in [1.165, 1.54) is 23.5 Å². The van der Waals surface area contributed by atoms with Crippen molar-refractivity contribution in [1.82, 2.24) is 4.98 Å². The summed E-state index contributed by atoms with van der Waals surface area (Å²) in [6.07, 6.45) is 1.56. The number of hydrogen-bond acceptors (Lipinski definition) is 5. The molecular weight excluding hydrogens is 356 g/mol. The normalized spacial score (nSPS) is 10.5. The Balaban J connectivity index is 1.79. The van der Waals surface area contributed by atoms with Crippen LogP contribution in [0.15, 0.2) is 50.9 Å². The maximum atomic E-state index is 12.1. The Morgan fingerprint density at radius 2 is 2.24 bits per heavy atom. The summed E-state index contributed by atoms with van der Waals surface area (Å²) in [6.45, 7) is 0. The van der Waals surface area contributed by atoms with E-state index in [9.17, 15) is 9.90 Å². The molecule has 5 nitrogen and oxygen atoms in total. The summed E-state index contributed by atoms with van der Waals surface area (Å²) in [5.74, 6) is 0.128. The molecule has 0 aliphatic carbocycles. The summed E-state index contributed by atoms with van der Waals surface area (Å²) in [5.41, 5.74) is 0.841. The van der Waals surface area contributed by atoms with Crippen molar-refractivity contribution >= 4 is 38.3 Å². The second kappa shape index (κ2) is 5.71. The van der Waals surface area contributed by atoms with E-state index < -0.39 is 5.91 Å². The third-order valence-corrected chi connectivity index (χ3v) is 3.95. The number of halogens is 1. The van der Waals surface area contributed by atoms with Gasteiger partial charge in [0, 0.05) is 9.85 Å². The number of hydrogen-bond donors (Lipinski definition) is 2. The third kappa shape index (κ3) is 2.98. The van der Waals surface area contributed by atoms with E-state index in [0.717, 1.165) is 0 Å². The molecule has 2 aromatic heterocycles. The summed E-state index contributed by atoms with van der Waals surface area (Å²) in [6, 6.07) is 8.25. The van der Waals surface area contributed by atoms with Gasteiger partial charge in [-0.1, -0.05) is 15.9 Å². The Morgan fingerprint density at radius 1 is 1.38 bits per heavy atom. The molecular formula is C14H9BrN2O3S. The van der Waals surface area contributed by atoms with Crippen LogP contribution >= 0.6 is 27.3 Å². The molecule has 0 unspecified atom stereocenters. The van der Waals surface area contributed by atoms with Crippen LogP contribution in [0.4, 0.5) is 5.13 Å². The lowest BCUT2D eigenvalue weighted by Gasteiger charge is -2.04. The average Bonchev–Trinajstić information content (AvgIpc) is 3.08. The van der Waals surface area contributed by atoms with E-state index in [1.54, 1.807) is 29.8 Å². The standard InChI is InChI=1S/C14H9BrN2O3S/c15-8-3-4-9(11(18)6-8)13(19)17-14-16-10(7-21-14)12-2-1-5-20-12/h1-7,18H,(H,16,17,19). The van der Waals surface area contributed by atoms with Crippen molar-refractivity contribution in [2.24, 2.45) is 0 Å². The van der Waals surface area contributed by atoms with E-state index in [-0.39, 0.29) is 11.3 Å². The topological polar surface area (TPSA) is 75.4 Å². The molecule has 21 heavy (non-hydrogen) atoms. The molecule has 0 bridgehead atoms. The minimum atomic E-state index is -0.416. The zero-order valence-corrected chi connectivity index (χ0v) is 12.9. The molecule has 106 valence electrons. The minimum absolute atomic E-state index is 0.0929. The van der Waals surface area contributed by atoms with Gasteiger partial charge >= 0.3 is 0 Å². The Bertz CT molecular complexity index is 783. The molecule has 0 atom stereocenters.